The minimum absolute atomic E-state index is 0.286. The van der Waals surface area contributed by atoms with E-state index in [1.54, 1.807) is 36.3 Å². The third kappa shape index (κ3) is 4.32. The van der Waals surface area contributed by atoms with Gasteiger partial charge in [-0.3, -0.25) is 14.8 Å². The smallest absolute Gasteiger partial charge is 0.250 e. The van der Waals surface area contributed by atoms with Crippen LogP contribution in [-0.4, -0.2) is 25.9 Å². The fraction of sp³-hybridized carbons (Fsp3) is 0.125. The van der Waals surface area contributed by atoms with Crippen molar-refractivity contribution in [2.75, 3.05) is 5.32 Å². The highest BCUT2D eigenvalue weighted by Gasteiger charge is 2.07. The maximum atomic E-state index is 13.2. The molecule has 0 aliphatic heterocycles. The minimum Gasteiger partial charge on any atom is -0.297 e. The van der Waals surface area contributed by atoms with Gasteiger partial charge in [0.05, 0.1) is 6.20 Å². The Kier molecular flexibility index (Phi) is 4.76. The zero-order valence-electron chi connectivity index (χ0n) is 12.8. The summed E-state index contributed by atoms with van der Waals surface area (Å²) in [5.41, 5.74) is 1.64. The highest BCUT2D eigenvalue weighted by molar-refractivity contribution is 7.15. The molecule has 2 heterocycles. The number of amides is 1. The van der Waals surface area contributed by atoms with E-state index in [-0.39, 0.29) is 11.7 Å². The fourth-order valence-electron chi connectivity index (χ4n) is 2.04. The van der Waals surface area contributed by atoms with Gasteiger partial charge < -0.3 is 0 Å². The first kappa shape index (κ1) is 16.0. The van der Waals surface area contributed by atoms with Crippen LogP contribution in [0.25, 0.3) is 6.08 Å². The van der Waals surface area contributed by atoms with Crippen molar-refractivity contribution in [3.63, 3.8) is 0 Å². The second-order valence-electron chi connectivity index (χ2n) is 5.08. The zero-order valence-corrected chi connectivity index (χ0v) is 13.6. The lowest BCUT2D eigenvalue weighted by molar-refractivity contribution is -0.111. The molecule has 0 radical (unpaired) electrons. The Morgan fingerprint density at radius 2 is 2.29 bits per heavy atom. The van der Waals surface area contributed by atoms with Crippen molar-refractivity contribution in [3.05, 3.63) is 64.7 Å². The monoisotopic (exact) mass is 343 g/mol. The van der Waals surface area contributed by atoms with E-state index in [0.717, 1.165) is 11.1 Å². The van der Waals surface area contributed by atoms with E-state index in [1.807, 2.05) is 6.07 Å². The van der Waals surface area contributed by atoms with E-state index in [2.05, 4.69) is 20.6 Å². The molecule has 0 aliphatic carbocycles. The van der Waals surface area contributed by atoms with Crippen LogP contribution in [0.2, 0.25) is 0 Å². The fourth-order valence-corrected chi connectivity index (χ4v) is 2.82. The summed E-state index contributed by atoms with van der Waals surface area (Å²) in [5, 5.41) is 15.7. The van der Waals surface area contributed by atoms with Crippen LogP contribution in [0.5, 0.6) is 0 Å². The number of hydrogen-bond donors (Lipinski definition) is 1. The van der Waals surface area contributed by atoms with Crippen molar-refractivity contribution in [1.29, 1.82) is 0 Å². The third-order valence-electron chi connectivity index (χ3n) is 3.09. The Morgan fingerprint density at radius 1 is 1.42 bits per heavy atom. The zero-order chi connectivity index (χ0) is 16.9. The molecular formula is C16H14FN5OS. The molecule has 0 fully saturated rings. The quantitative estimate of drug-likeness (QED) is 0.723. The van der Waals surface area contributed by atoms with Crippen LogP contribution in [0.1, 0.15) is 16.1 Å². The maximum Gasteiger partial charge on any atom is 0.250 e. The molecule has 8 heteroatoms. The first-order chi connectivity index (χ1) is 11.6. The molecule has 122 valence electrons. The van der Waals surface area contributed by atoms with Gasteiger partial charge in [-0.1, -0.05) is 23.5 Å². The molecule has 0 aliphatic rings. The molecule has 2 aromatic heterocycles. The first-order valence-electron chi connectivity index (χ1n) is 7.13. The molecule has 1 aromatic carbocycles. The van der Waals surface area contributed by atoms with E-state index in [1.165, 1.54) is 29.5 Å². The summed E-state index contributed by atoms with van der Waals surface area (Å²) in [6.45, 7) is 0. The second kappa shape index (κ2) is 7.14. The van der Waals surface area contributed by atoms with E-state index >= 15 is 0 Å². The van der Waals surface area contributed by atoms with Gasteiger partial charge in [0.2, 0.25) is 11.0 Å². The number of carbonyl (C=O) groups is 1. The van der Waals surface area contributed by atoms with Crippen LogP contribution in [0, 0.1) is 5.82 Å². The van der Waals surface area contributed by atoms with Crippen LogP contribution in [0.15, 0.2) is 42.7 Å². The van der Waals surface area contributed by atoms with Crippen molar-refractivity contribution in [3.8, 4) is 0 Å². The number of hydrogen-bond acceptors (Lipinski definition) is 5. The lowest BCUT2D eigenvalue weighted by Gasteiger charge is -1.97. The Hall–Kier alpha value is -2.87. The SMILES string of the molecule is Cn1cc(/C=C\C(=O)Nc2nnc(Cc3cccc(F)c3)s2)cn1. The minimum atomic E-state index is -0.299. The predicted octanol–water partition coefficient (Wildman–Crippen LogP) is 2.65. The predicted molar refractivity (Wildman–Crippen MR) is 90.0 cm³/mol. The van der Waals surface area contributed by atoms with E-state index in [9.17, 15) is 9.18 Å². The number of nitrogens with one attached hydrogen (secondary N) is 1. The molecule has 1 amide bonds. The molecule has 0 bridgehead atoms. The summed E-state index contributed by atoms with van der Waals surface area (Å²) in [6.07, 6.45) is 7.00. The molecule has 1 N–H and O–H groups in total. The average molecular weight is 343 g/mol. The Balaban J connectivity index is 1.59. The molecule has 0 spiro atoms. The molecule has 0 saturated carbocycles. The average Bonchev–Trinajstić information content (AvgIpc) is 3.14. The van der Waals surface area contributed by atoms with Gasteiger partial charge >= 0.3 is 0 Å². The van der Waals surface area contributed by atoms with E-state index in [0.29, 0.717) is 16.6 Å². The maximum absolute atomic E-state index is 13.2. The highest BCUT2D eigenvalue weighted by Crippen LogP contribution is 2.19. The van der Waals surface area contributed by atoms with Crippen molar-refractivity contribution in [2.24, 2.45) is 7.05 Å². The van der Waals surface area contributed by atoms with Crippen LogP contribution in [0.4, 0.5) is 9.52 Å². The second-order valence-corrected chi connectivity index (χ2v) is 6.14. The van der Waals surface area contributed by atoms with E-state index < -0.39 is 0 Å². The van der Waals surface area contributed by atoms with Crippen LogP contribution < -0.4 is 5.32 Å². The summed E-state index contributed by atoms with van der Waals surface area (Å²) in [5.74, 6) is -0.585. The van der Waals surface area contributed by atoms with Gasteiger partial charge in [-0.05, 0) is 23.8 Å². The summed E-state index contributed by atoms with van der Waals surface area (Å²) in [6, 6.07) is 6.32. The Morgan fingerprint density at radius 3 is 3.04 bits per heavy atom. The van der Waals surface area contributed by atoms with Crippen LogP contribution in [0.3, 0.4) is 0 Å². The number of rotatable bonds is 5. The van der Waals surface area contributed by atoms with Crippen molar-refractivity contribution >= 4 is 28.5 Å². The summed E-state index contributed by atoms with van der Waals surface area (Å²) in [4.78, 5) is 11.9. The number of aromatic nitrogens is 4. The number of nitrogens with zero attached hydrogens (tertiary/aromatic N) is 4. The van der Waals surface area contributed by atoms with Crippen molar-refractivity contribution in [2.45, 2.75) is 6.42 Å². The van der Waals surface area contributed by atoms with Gasteiger partial charge in [-0.15, -0.1) is 10.2 Å². The van der Waals surface area contributed by atoms with Gasteiger partial charge in [0.1, 0.15) is 10.8 Å². The molecule has 24 heavy (non-hydrogen) atoms. The summed E-state index contributed by atoms with van der Waals surface area (Å²) in [7, 11) is 1.80. The highest BCUT2D eigenvalue weighted by atomic mass is 32.1. The number of aryl methyl sites for hydroxylation is 1. The normalized spacial score (nSPS) is 11.1. The number of carbonyl (C=O) groups excluding carboxylic acids is 1. The lowest BCUT2D eigenvalue weighted by atomic mass is 10.1. The van der Waals surface area contributed by atoms with Crippen molar-refractivity contribution in [1.82, 2.24) is 20.0 Å². The Bertz CT molecular complexity index is 886. The number of benzene rings is 1. The topological polar surface area (TPSA) is 72.7 Å². The van der Waals surface area contributed by atoms with Gasteiger partial charge in [0.15, 0.2) is 0 Å². The van der Waals surface area contributed by atoms with Gasteiger partial charge in [-0.25, -0.2) is 4.39 Å². The molecular weight excluding hydrogens is 329 g/mol. The number of halogens is 1. The molecule has 0 unspecified atom stereocenters. The molecule has 0 saturated heterocycles. The van der Waals surface area contributed by atoms with Gasteiger partial charge in [0, 0.05) is 31.3 Å². The lowest BCUT2D eigenvalue weighted by Crippen LogP contribution is -2.07. The molecule has 3 aromatic rings. The van der Waals surface area contributed by atoms with Crippen molar-refractivity contribution < 1.29 is 9.18 Å². The van der Waals surface area contributed by atoms with Gasteiger partial charge in [-0.2, -0.15) is 5.10 Å². The van der Waals surface area contributed by atoms with Crippen LogP contribution >= 0.6 is 11.3 Å². The summed E-state index contributed by atoms with van der Waals surface area (Å²) >= 11 is 1.26. The standard InChI is InChI=1S/C16H14FN5OS/c1-22-10-12(9-18-22)5-6-14(23)19-16-21-20-15(24-16)8-11-3-2-4-13(17)7-11/h2-7,9-10H,8H2,1H3,(H,19,21,23)/b6-5-. The Labute approximate surface area is 141 Å². The largest absolute Gasteiger partial charge is 0.297 e. The molecule has 6 nitrogen and oxygen atoms in total. The molecule has 0 atom stereocenters. The first-order valence-corrected chi connectivity index (χ1v) is 7.95. The van der Waals surface area contributed by atoms with Crippen LogP contribution in [-0.2, 0) is 18.3 Å². The van der Waals surface area contributed by atoms with Gasteiger partial charge in [0.25, 0.3) is 0 Å². The van der Waals surface area contributed by atoms with E-state index in [4.69, 9.17) is 0 Å². The molecule has 3 rings (SSSR count). The summed E-state index contributed by atoms with van der Waals surface area (Å²) < 4.78 is 14.8. The third-order valence-corrected chi connectivity index (χ3v) is 3.93. The number of anilines is 1.